The fourth-order valence-corrected chi connectivity index (χ4v) is 11.4. The van der Waals surface area contributed by atoms with Crippen LogP contribution in [0.3, 0.4) is 0 Å². The van der Waals surface area contributed by atoms with Crippen LogP contribution >= 0.6 is 11.3 Å². The SMILES string of the molecule is Cc1ccc(CC(c2ccccc2)C(C)c2ccc3c(c2)C(C)(C)c2cc(CCC(Cc4ccc5sc6ccccc6c5c4)c4ccccc4)c4ccccc4c2-3)cc1. The molecule has 3 unspecified atom stereocenters. The maximum absolute atomic E-state index is 2.59. The standard InChI is InChI=1S/C58H52S/c1-38-23-25-40(26-24-38)34-51(43-17-9-6-10-18-43)39(2)44-30-31-50-53(36-44)58(3,4)54-37-46(47-19-11-12-21-49(47)57(50)54)29-28-45(42-15-7-5-8-16-42)33-41-27-32-56-52(35-41)48-20-13-14-22-55(48)59-56/h5-27,30-32,35-37,39,45,51H,28-29,33-34H2,1-4H3. The summed E-state index contributed by atoms with van der Waals surface area (Å²) in [6.45, 7) is 9.54. The summed E-state index contributed by atoms with van der Waals surface area (Å²) in [5.74, 6) is 1.14. The first-order valence-electron chi connectivity index (χ1n) is 21.6. The summed E-state index contributed by atoms with van der Waals surface area (Å²) < 4.78 is 2.74. The maximum Gasteiger partial charge on any atom is 0.0355 e. The molecule has 0 radical (unpaired) electrons. The minimum atomic E-state index is -0.115. The smallest absolute Gasteiger partial charge is 0.0355 e. The molecule has 1 heterocycles. The van der Waals surface area contributed by atoms with Crippen molar-refractivity contribution in [1.29, 1.82) is 0 Å². The van der Waals surface area contributed by atoms with Gasteiger partial charge >= 0.3 is 0 Å². The number of benzene rings is 8. The molecule has 3 atom stereocenters. The Morgan fingerprint density at radius 3 is 1.92 bits per heavy atom. The van der Waals surface area contributed by atoms with Gasteiger partial charge in [0, 0.05) is 25.6 Å². The predicted molar refractivity (Wildman–Crippen MR) is 255 cm³/mol. The third-order valence-electron chi connectivity index (χ3n) is 13.7. The second-order valence-corrected chi connectivity index (χ2v) is 18.8. The van der Waals surface area contributed by atoms with Crippen molar-refractivity contribution in [2.24, 2.45) is 0 Å². The van der Waals surface area contributed by atoms with Gasteiger partial charge in [-0.3, -0.25) is 0 Å². The van der Waals surface area contributed by atoms with E-state index in [0.717, 1.165) is 25.7 Å². The summed E-state index contributed by atoms with van der Waals surface area (Å²) in [6, 6.07) is 66.9. The fraction of sp³-hybridized carbons (Fsp3) is 0.207. The Labute approximate surface area is 354 Å². The molecule has 0 bridgehead atoms. The number of thiophene rings is 1. The molecular formula is C58H52S. The van der Waals surface area contributed by atoms with E-state index in [1.165, 1.54) is 92.1 Å². The lowest BCUT2D eigenvalue weighted by Gasteiger charge is -2.28. The van der Waals surface area contributed by atoms with E-state index < -0.39 is 0 Å². The summed E-state index contributed by atoms with van der Waals surface area (Å²) >= 11 is 1.90. The van der Waals surface area contributed by atoms with E-state index in [9.17, 15) is 0 Å². The number of rotatable bonds is 11. The molecule has 290 valence electrons. The van der Waals surface area contributed by atoms with Crippen LogP contribution in [-0.2, 0) is 24.7 Å². The maximum atomic E-state index is 2.59. The Morgan fingerprint density at radius 2 is 1.15 bits per heavy atom. The zero-order valence-corrected chi connectivity index (χ0v) is 35.5. The average Bonchev–Trinajstić information content (AvgIpc) is 3.76. The number of aryl methyl sites for hydroxylation is 2. The Balaban J connectivity index is 0.983. The molecule has 0 N–H and O–H groups in total. The Morgan fingerprint density at radius 1 is 0.508 bits per heavy atom. The van der Waals surface area contributed by atoms with E-state index in [0.29, 0.717) is 17.8 Å². The van der Waals surface area contributed by atoms with Crippen molar-refractivity contribution >= 4 is 42.3 Å². The van der Waals surface area contributed by atoms with Gasteiger partial charge in [0.25, 0.3) is 0 Å². The van der Waals surface area contributed by atoms with Gasteiger partial charge in [0.1, 0.15) is 0 Å². The average molecular weight is 781 g/mol. The quantitative estimate of drug-likeness (QED) is 0.123. The number of fused-ring (bicyclic) bond motifs is 8. The van der Waals surface area contributed by atoms with Crippen LogP contribution in [0.2, 0.25) is 0 Å². The Kier molecular flexibility index (Phi) is 9.82. The summed E-state index contributed by atoms with van der Waals surface area (Å²) in [5.41, 5.74) is 15.5. The van der Waals surface area contributed by atoms with Crippen molar-refractivity contribution in [3.05, 3.63) is 226 Å². The van der Waals surface area contributed by atoms with Gasteiger partial charge in [0.05, 0.1) is 0 Å². The monoisotopic (exact) mass is 780 g/mol. The minimum absolute atomic E-state index is 0.115. The Bertz CT molecular complexity index is 2930. The summed E-state index contributed by atoms with van der Waals surface area (Å²) in [5, 5.41) is 5.55. The molecule has 0 aliphatic heterocycles. The lowest BCUT2D eigenvalue weighted by atomic mass is 9.76. The topological polar surface area (TPSA) is 0 Å². The van der Waals surface area contributed by atoms with E-state index in [4.69, 9.17) is 0 Å². The highest BCUT2D eigenvalue weighted by molar-refractivity contribution is 7.25. The zero-order chi connectivity index (χ0) is 40.1. The van der Waals surface area contributed by atoms with Crippen molar-refractivity contribution in [1.82, 2.24) is 0 Å². The minimum Gasteiger partial charge on any atom is -0.135 e. The predicted octanol–water partition coefficient (Wildman–Crippen LogP) is 15.9. The molecule has 10 rings (SSSR count). The van der Waals surface area contributed by atoms with Gasteiger partial charge in [0.2, 0.25) is 0 Å². The molecule has 0 spiro atoms. The third kappa shape index (κ3) is 7.00. The molecule has 59 heavy (non-hydrogen) atoms. The molecule has 0 amide bonds. The normalized spacial score (nSPS) is 14.6. The van der Waals surface area contributed by atoms with E-state index in [-0.39, 0.29) is 5.41 Å². The lowest BCUT2D eigenvalue weighted by molar-refractivity contribution is 0.569. The molecule has 0 saturated carbocycles. The first-order valence-corrected chi connectivity index (χ1v) is 22.4. The van der Waals surface area contributed by atoms with E-state index >= 15 is 0 Å². The summed E-state index contributed by atoms with van der Waals surface area (Å²) in [7, 11) is 0. The van der Waals surface area contributed by atoms with Gasteiger partial charge in [-0.25, -0.2) is 0 Å². The molecule has 0 saturated heterocycles. The van der Waals surface area contributed by atoms with Crippen LogP contribution in [0.5, 0.6) is 0 Å². The highest BCUT2D eigenvalue weighted by Gasteiger charge is 2.38. The van der Waals surface area contributed by atoms with Crippen LogP contribution in [0.1, 0.15) is 95.0 Å². The zero-order valence-electron chi connectivity index (χ0n) is 34.7. The highest BCUT2D eigenvalue weighted by atomic mass is 32.1. The van der Waals surface area contributed by atoms with E-state index in [2.05, 4.69) is 204 Å². The van der Waals surface area contributed by atoms with Crippen molar-refractivity contribution in [2.45, 2.75) is 76.5 Å². The third-order valence-corrected chi connectivity index (χ3v) is 14.8. The highest BCUT2D eigenvalue weighted by Crippen LogP contribution is 2.53. The largest absolute Gasteiger partial charge is 0.135 e. The van der Waals surface area contributed by atoms with Gasteiger partial charge < -0.3 is 0 Å². The molecule has 9 aromatic rings. The van der Waals surface area contributed by atoms with Gasteiger partial charge in [0.15, 0.2) is 0 Å². The molecule has 0 fully saturated rings. The van der Waals surface area contributed by atoms with E-state index in [1.807, 2.05) is 11.3 Å². The second-order valence-electron chi connectivity index (χ2n) is 17.7. The van der Waals surface area contributed by atoms with Crippen LogP contribution in [0.4, 0.5) is 0 Å². The van der Waals surface area contributed by atoms with Crippen LogP contribution in [0.15, 0.2) is 176 Å². The van der Waals surface area contributed by atoms with Crippen molar-refractivity contribution in [3.8, 4) is 11.1 Å². The van der Waals surface area contributed by atoms with Crippen LogP contribution in [0, 0.1) is 6.92 Å². The fourth-order valence-electron chi connectivity index (χ4n) is 10.3. The molecule has 0 nitrogen and oxygen atoms in total. The summed E-state index contributed by atoms with van der Waals surface area (Å²) in [4.78, 5) is 0. The molecular weight excluding hydrogens is 729 g/mol. The molecule has 1 heteroatoms. The molecule has 8 aromatic carbocycles. The number of hydrogen-bond acceptors (Lipinski definition) is 1. The van der Waals surface area contributed by atoms with Gasteiger partial charge in [-0.1, -0.05) is 184 Å². The van der Waals surface area contributed by atoms with Gasteiger partial charge in [-0.05, 0) is 135 Å². The van der Waals surface area contributed by atoms with Gasteiger partial charge in [-0.15, -0.1) is 11.3 Å². The van der Waals surface area contributed by atoms with Crippen LogP contribution in [0.25, 0.3) is 42.1 Å². The van der Waals surface area contributed by atoms with Gasteiger partial charge in [-0.2, -0.15) is 0 Å². The lowest BCUT2D eigenvalue weighted by Crippen LogP contribution is -2.17. The number of hydrogen-bond donors (Lipinski definition) is 0. The Hall–Kier alpha value is -5.76. The van der Waals surface area contributed by atoms with Crippen LogP contribution < -0.4 is 0 Å². The molecule has 1 aliphatic carbocycles. The molecule has 1 aromatic heterocycles. The summed E-state index contributed by atoms with van der Waals surface area (Å²) in [6.07, 6.45) is 4.16. The van der Waals surface area contributed by atoms with Crippen molar-refractivity contribution in [2.75, 3.05) is 0 Å². The van der Waals surface area contributed by atoms with Crippen molar-refractivity contribution < 1.29 is 0 Å². The molecule has 1 aliphatic rings. The van der Waals surface area contributed by atoms with E-state index in [1.54, 1.807) is 0 Å². The second kappa shape index (κ2) is 15.4. The first kappa shape index (κ1) is 37.5. The van der Waals surface area contributed by atoms with Crippen LogP contribution in [-0.4, -0.2) is 0 Å². The van der Waals surface area contributed by atoms with Crippen molar-refractivity contribution in [3.63, 3.8) is 0 Å². The first-order chi connectivity index (χ1) is 28.8.